The standard InChI is InChI=1S/C13H9N5OS/c19-18-10-6-7-11(14-8-10)20-13-15-12(16-17-13)9-4-2-1-3-5-9/h1-8H,(H,15,16,17). The second-order valence-corrected chi connectivity index (χ2v) is 4.87. The number of benzene rings is 1. The normalized spacial score (nSPS) is 10.4. The fraction of sp³-hybridized carbons (Fsp3) is 0. The Bertz CT molecular complexity index is 711. The summed E-state index contributed by atoms with van der Waals surface area (Å²) in [6.07, 6.45) is 1.42. The molecule has 20 heavy (non-hydrogen) atoms. The Hall–Kier alpha value is -2.54. The summed E-state index contributed by atoms with van der Waals surface area (Å²) >= 11 is 1.31. The Morgan fingerprint density at radius 2 is 1.95 bits per heavy atom. The predicted octanol–water partition coefficient (Wildman–Crippen LogP) is 3.42. The molecule has 1 aromatic carbocycles. The van der Waals surface area contributed by atoms with Crippen molar-refractivity contribution < 1.29 is 0 Å². The lowest BCUT2D eigenvalue weighted by Gasteiger charge is -1.95. The van der Waals surface area contributed by atoms with E-state index in [1.165, 1.54) is 18.0 Å². The van der Waals surface area contributed by atoms with Crippen molar-refractivity contribution in [3.05, 3.63) is 53.6 Å². The van der Waals surface area contributed by atoms with Gasteiger partial charge in [-0.05, 0) is 29.1 Å². The van der Waals surface area contributed by atoms with Gasteiger partial charge in [-0.15, -0.1) is 10.0 Å². The van der Waals surface area contributed by atoms with Crippen LogP contribution in [-0.4, -0.2) is 20.2 Å². The van der Waals surface area contributed by atoms with E-state index in [1.807, 2.05) is 30.3 Å². The number of pyridine rings is 1. The third-order valence-corrected chi connectivity index (χ3v) is 3.35. The monoisotopic (exact) mass is 283 g/mol. The molecule has 2 heterocycles. The van der Waals surface area contributed by atoms with Crippen LogP contribution in [0.1, 0.15) is 0 Å². The zero-order valence-corrected chi connectivity index (χ0v) is 11.0. The van der Waals surface area contributed by atoms with Gasteiger partial charge >= 0.3 is 0 Å². The van der Waals surface area contributed by atoms with Crippen molar-refractivity contribution in [2.24, 2.45) is 5.18 Å². The van der Waals surface area contributed by atoms with Gasteiger partial charge in [0, 0.05) is 5.56 Å². The molecule has 0 unspecified atom stereocenters. The summed E-state index contributed by atoms with van der Waals surface area (Å²) in [5.74, 6) is 0.708. The quantitative estimate of drug-likeness (QED) is 0.742. The van der Waals surface area contributed by atoms with E-state index >= 15 is 0 Å². The number of nitroso groups, excluding NO2 is 1. The highest BCUT2D eigenvalue weighted by Gasteiger charge is 2.07. The second kappa shape index (κ2) is 5.62. The maximum Gasteiger partial charge on any atom is 0.215 e. The van der Waals surface area contributed by atoms with Crippen LogP contribution in [0.3, 0.4) is 0 Å². The third kappa shape index (κ3) is 2.72. The molecule has 3 rings (SSSR count). The van der Waals surface area contributed by atoms with Gasteiger partial charge < -0.3 is 0 Å². The predicted molar refractivity (Wildman–Crippen MR) is 75.6 cm³/mol. The van der Waals surface area contributed by atoms with Gasteiger partial charge in [0.05, 0.1) is 6.20 Å². The molecule has 0 saturated heterocycles. The minimum Gasteiger partial charge on any atom is -0.258 e. The molecule has 0 aliphatic carbocycles. The number of nitrogens with zero attached hydrogens (tertiary/aromatic N) is 4. The average Bonchev–Trinajstić information content (AvgIpc) is 2.97. The van der Waals surface area contributed by atoms with E-state index < -0.39 is 0 Å². The van der Waals surface area contributed by atoms with Crippen LogP contribution < -0.4 is 0 Å². The lowest BCUT2D eigenvalue weighted by molar-refractivity contribution is 0.967. The van der Waals surface area contributed by atoms with Crippen molar-refractivity contribution >= 4 is 17.4 Å². The van der Waals surface area contributed by atoms with Gasteiger partial charge in [-0.1, -0.05) is 30.3 Å². The Morgan fingerprint density at radius 1 is 1.10 bits per heavy atom. The smallest absolute Gasteiger partial charge is 0.215 e. The summed E-state index contributed by atoms with van der Waals surface area (Å²) in [6.45, 7) is 0. The summed E-state index contributed by atoms with van der Waals surface area (Å²) in [5, 5.41) is 11.1. The van der Waals surface area contributed by atoms with Crippen molar-refractivity contribution in [1.29, 1.82) is 0 Å². The summed E-state index contributed by atoms with van der Waals surface area (Å²) in [4.78, 5) is 18.8. The van der Waals surface area contributed by atoms with E-state index in [1.54, 1.807) is 12.1 Å². The Morgan fingerprint density at radius 3 is 2.65 bits per heavy atom. The highest BCUT2D eigenvalue weighted by molar-refractivity contribution is 7.99. The molecule has 98 valence electrons. The Balaban J connectivity index is 1.78. The van der Waals surface area contributed by atoms with Gasteiger partial charge in [0.15, 0.2) is 5.82 Å². The fourth-order valence-corrected chi connectivity index (χ4v) is 2.25. The minimum atomic E-state index is 0.300. The highest BCUT2D eigenvalue weighted by Crippen LogP contribution is 2.25. The molecule has 0 fully saturated rings. The van der Waals surface area contributed by atoms with Crippen molar-refractivity contribution in [1.82, 2.24) is 20.2 Å². The molecular weight excluding hydrogens is 274 g/mol. The Labute approximate surface area is 118 Å². The number of H-pyrrole nitrogens is 1. The van der Waals surface area contributed by atoms with Crippen LogP contribution >= 0.6 is 11.8 Å². The van der Waals surface area contributed by atoms with Gasteiger partial charge in [0.2, 0.25) is 5.16 Å². The van der Waals surface area contributed by atoms with Gasteiger partial charge in [-0.3, -0.25) is 5.10 Å². The van der Waals surface area contributed by atoms with Gasteiger partial charge in [0.1, 0.15) is 10.7 Å². The fourth-order valence-electron chi connectivity index (χ4n) is 1.60. The van der Waals surface area contributed by atoms with Crippen LogP contribution in [0.5, 0.6) is 0 Å². The van der Waals surface area contributed by atoms with E-state index in [9.17, 15) is 4.91 Å². The van der Waals surface area contributed by atoms with Gasteiger partial charge in [0.25, 0.3) is 0 Å². The molecule has 0 aliphatic rings. The molecule has 1 N–H and O–H groups in total. The van der Waals surface area contributed by atoms with Gasteiger partial charge in [-0.2, -0.15) is 0 Å². The highest BCUT2D eigenvalue weighted by atomic mass is 32.2. The molecule has 7 heteroatoms. The maximum absolute atomic E-state index is 10.3. The molecule has 0 spiro atoms. The molecule has 0 saturated carbocycles. The SMILES string of the molecule is O=Nc1ccc(Sc2n[nH]c(-c3ccccc3)n2)nc1. The second-order valence-electron chi connectivity index (χ2n) is 3.88. The van der Waals surface area contributed by atoms with Crippen molar-refractivity contribution in [2.45, 2.75) is 10.2 Å². The van der Waals surface area contributed by atoms with Crippen molar-refractivity contribution in [2.75, 3.05) is 0 Å². The molecule has 6 nitrogen and oxygen atoms in total. The molecule has 2 aromatic heterocycles. The molecule has 0 bridgehead atoms. The topological polar surface area (TPSA) is 83.9 Å². The first-order chi connectivity index (χ1) is 9.85. The molecule has 0 amide bonds. The van der Waals surface area contributed by atoms with E-state index in [2.05, 4.69) is 25.3 Å². The number of hydrogen-bond donors (Lipinski definition) is 1. The maximum atomic E-state index is 10.3. The lowest BCUT2D eigenvalue weighted by Crippen LogP contribution is -1.81. The first kappa shape index (κ1) is 12.5. The molecular formula is C13H9N5OS. The van der Waals surface area contributed by atoms with E-state index in [4.69, 9.17) is 0 Å². The number of aromatic nitrogens is 4. The van der Waals surface area contributed by atoms with Crippen LogP contribution in [0.25, 0.3) is 11.4 Å². The number of aromatic amines is 1. The van der Waals surface area contributed by atoms with Gasteiger partial charge in [-0.25, -0.2) is 9.97 Å². The molecule has 3 aromatic rings. The van der Waals surface area contributed by atoms with Crippen LogP contribution in [0.4, 0.5) is 5.69 Å². The zero-order valence-electron chi connectivity index (χ0n) is 10.2. The molecule has 0 radical (unpaired) electrons. The number of nitrogens with one attached hydrogen (secondary N) is 1. The summed E-state index contributed by atoms with van der Waals surface area (Å²) in [7, 11) is 0. The number of rotatable bonds is 4. The van der Waals surface area contributed by atoms with E-state index in [0.717, 1.165) is 5.56 Å². The van der Waals surface area contributed by atoms with Crippen molar-refractivity contribution in [3.63, 3.8) is 0 Å². The average molecular weight is 283 g/mol. The van der Waals surface area contributed by atoms with E-state index in [0.29, 0.717) is 21.7 Å². The summed E-state index contributed by atoms with van der Waals surface area (Å²) in [5.41, 5.74) is 1.27. The lowest BCUT2D eigenvalue weighted by atomic mass is 10.2. The van der Waals surface area contributed by atoms with Crippen LogP contribution in [-0.2, 0) is 0 Å². The van der Waals surface area contributed by atoms with Crippen molar-refractivity contribution in [3.8, 4) is 11.4 Å². The van der Waals surface area contributed by atoms with Crippen LogP contribution in [0.2, 0.25) is 0 Å². The first-order valence-electron chi connectivity index (χ1n) is 5.80. The molecule has 0 aliphatic heterocycles. The third-order valence-electron chi connectivity index (χ3n) is 2.53. The summed E-state index contributed by atoms with van der Waals surface area (Å²) < 4.78 is 0. The van der Waals surface area contributed by atoms with Crippen LogP contribution in [0.15, 0.2) is 64.0 Å². The zero-order chi connectivity index (χ0) is 13.8. The number of hydrogen-bond acceptors (Lipinski definition) is 6. The molecule has 0 atom stereocenters. The summed E-state index contributed by atoms with van der Waals surface area (Å²) in [6, 6.07) is 13.1. The minimum absolute atomic E-state index is 0.300. The van der Waals surface area contributed by atoms with Crippen LogP contribution in [0, 0.1) is 4.91 Å². The van der Waals surface area contributed by atoms with E-state index in [-0.39, 0.29) is 0 Å². The first-order valence-corrected chi connectivity index (χ1v) is 6.62. The largest absolute Gasteiger partial charge is 0.258 e. The Kier molecular flexibility index (Phi) is 3.51.